The molecule has 0 saturated carbocycles. The smallest absolute Gasteiger partial charge is 0.228 e. The molecule has 3 heterocycles. The van der Waals surface area contributed by atoms with Gasteiger partial charge in [0, 0.05) is 36.1 Å². The number of anilines is 3. The van der Waals surface area contributed by atoms with Crippen LogP contribution in [0.5, 0.6) is 0 Å². The van der Waals surface area contributed by atoms with Gasteiger partial charge in [-0.25, -0.2) is 24.3 Å². The van der Waals surface area contributed by atoms with E-state index in [0.29, 0.717) is 29.6 Å². The van der Waals surface area contributed by atoms with Gasteiger partial charge in [-0.1, -0.05) is 6.07 Å². The predicted molar refractivity (Wildman–Crippen MR) is 107 cm³/mol. The number of aryl methyl sites for hydroxylation is 2. The molecule has 1 aromatic carbocycles. The Morgan fingerprint density at radius 2 is 1.82 bits per heavy atom. The quantitative estimate of drug-likeness (QED) is 0.472. The minimum atomic E-state index is -0.224. The number of benzene rings is 1. The van der Waals surface area contributed by atoms with Crippen molar-refractivity contribution in [1.82, 2.24) is 24.9 Å². The van der Waals surface area contributed by atoms with Gasteiger partial charge in [0.1, 0.15) is 23.8 Å². The van der Waals surface area contributed by atoms with Crippen molar-refractivity contribution < 1.29 is 4.39 Å². The molecule has 28 heavy (non-hydrogen) atoms. The van der Waals surface area contributed by atoms with Gasteiger partial charge in [-0.15, -0.1) is 0 Å². The Morgan fingerprint density at radius 3 is 2.64 bits per heavy atom. The summed E-state index contributed by atoms with van der Waals surface area (Å²) >= 11 is 0. The standard InChI is InChI=1S/C20H20FN7/c1-12-4-5-15(21)19-18(12)14(13(2)27-19)6-9-22-16-10-17(26-11-25-16)28-20-23-7-3-8-24-20/h3-5,7-8,10-11,27H,6,9H2,1-2H3,(H2,22,23,24,25,26,28). The van der Waals surface area contributed by atoms with Crippen LogP contribution in [0, 0.1) is 19.7 Å². The fourth-order valence-electron chi connectivity index (χ4n) is 3.27. The Balaban J connectivity index is 1.46. The zero-order chi connectivity index (χ0) is 19.5. The molecule has 0 atom stereocenters. The number of aromatic amines is 1. The number of hydrogen-bond acceptors (Lipinski definition) is 6. The van der Waals surface area contributed by atoms with Crippen molar-refractivity contribution in [2.45, 2.75) is 20.3 Å². The normalized spacial score (nSPS) is 11.0. The number of fused-ring (bicyclic) bond motifs is 1. The van der Waals surface area contributed by atoms with Gasteiger partial charge >= 0.3 is 0 Å². The van der Waals surface area contributed by atoms with E-state index in [9.17, 15) is 4.39 Å². The lowest BCUT2D eigenvalue weighted by Crippen LogP contribution is -2.08. The highest BCUT2D eigenvalue weighted by molar-refractivity contribution is 5.88. The monoisotopic (exact) mass is 377 g/mol. The first-order valence-electron chi connectivity index (χ1n) is 8.98. The lowest BCUT2D eigenvalue weighted by atomic mass is 10.0. The van der Waals surface area contributed by atoms with Gasteiger partial charge < -0.3 is 15.6 Å². The van der Waals surface area contributed by atoms with E-state index in [0.717, 1.165) is 28.6 Å². The number of nitrogens with zero attached hydrogens (tertiary/aromatic N) is 4. The maximum atomic E-state index is 14.1. The molecule has 0 aliphatic rings. The van der Waals surface area contributed by atoms with E-state index in [2.05, 4.69) is 35.6 Å². The van der Waals surface area contributed by atoms with Crippen molar-refractivity contribution in [2.75, 3.05) is 17.2 Å². The highest BCUT2D eigenvalue weighted by atomic mass is 19.1. The molecule has 0 saturated heterocycles. The minimum Gasteiger partial charge on any atom is -0.370 e. The van der Waals surface area contributed by atoms with Crippen LogP contribution in [0.25, 0.3) is 10.9 Å². The van der Waals surface area contributed by atoms with E-state index in [-0.39, 0.29) is 5.82 Å². The Kier molecular flexibility index (Phi) is 4.84. The first-order valence-corrected chi connectivity index (χ1v) is 8.98. The third-order valence-corrected chi connectivity index (χ3v) is 4.58. The molecule has 4 aromatic rings. The molecule has 0 unspecified atom stereocenters. The van der Waals surface area contributed by atoms with Gasteiger partial charge in [0.2, 0.25) is 5.95 Å². The second-order valence-electron chi connectivity index (χ2n) is 6.51. The third-order valence-electron chi connectivity index (χ3n) is 4.58. The second-order valence-corrected chi connectivity index (χ2v) is 6.51. The molecule has 8 heteroatoms. The van der Waals surface area contributed by atoms with Crippen LogP contribution in [0.1, 0.15) is 16.8 Å². The molecule has 3 aromatic heterocycles. The van der Waals surface area contributed by atoms with Gasteiger partial charge in [-0.2, -0.15) is 0 Å². The van der Waals surface area contributed by atoms with Crippen LogP contribution in [0.3, 0.4) is 0 Å². The molecular weight excluding hydrogens is 357 g/mol. The summed E-state index contributed by atoms with van der Waals surface area (Å²) in [6, 6.07) is 6.86. The summed E-state index contributed by atoms with van der Waals surface area (Å²) in [5.41, 5.74) is 3.73. The number of nitrogens with one attached hydrogen (secondary N) is 3. The van der Waals surface area contributed by atoms with Gasteiger partial charge in [-0.05, 0) is 43.5 Å². The molecule has 0 bridgehead atoms. The van der Waals surface area contributed by atoms with Crippen molar-refractivity contribution in [2.24, 2.45) is 0 Å². The van der Waals surface area contributed by atoms with Crippen molar-refractivity contribution in [3.8, 4) is 0 Å². The van der Waals surface area contributed by atoms with Crippen LogP contribution in [0.4, 0.5) is 22.0 Å². The van der Waals surface area contributed by atoms with Gasteiger partial charge in [0.05, 0.1) is 5.52 Å². The molecule has 0 aliphatic carbocycles. The minimum absolute atomic E-state index is 0.224. The van der Waals surface area contributed by atoms with Crippen molar-refractivity contribution in [3.05, 3.63) is 65.6 Å². The van der Waals surface area contributed by atoms with Crippen LogP contribution in [0.2, 0.25) is 0 Å². The molecule has 0 fully saturated rings. The summed E-state index contributed by atoms with van der Waals surface area (Å²) in [4.78, 5) is 19.8. The lowest BCUT2D eigenvalue weighted by molar-refractivity contribution is 0.637. The summed E-state index contributed by atoms with van der Waals surface area (Å²) in [5, 5.41) is 7.29. The third kappa shape index (κ3) is 3.62. The van der Waals surface area contributed by atoms with E-state index >= 15 is 0 Å². The van der Waals surface area contributed by atoms with Gasteiger partial charge in [-0.3, -0.25) is 0 Å². The van der Waals surface area contributed by atoms with E-state index in [4.69, 9.17) is 0 Å². The predicted octanol–water partition coefficient (Wildman–Crippen LogP) is 3.90. The number of rotatable bonds is 6. The Bertz CT molecular complexity index is 1110. The first kappa shape index (κ1) is 17.8. The Morgan fingerprint density at radius 1 is 1.04 bits per heavy atom. The average molecular weight is 377 g/mol. The zero-order valence-electron chi connectivity index (χ0n) is 15.6. The topological polar surface area (TPSA) is 91.4 Å². The molecule has 4 rings (SSSR count). The number of aromatic nitrogens is 5. The SMILES string of the molecule is Cc1[nH]c2c(F)ccc(C)c2c1CCNc1cc(Nc2ncccn2)ncn1. The number of H-pyrrole nitrogens is 1. The maximum absolute atomic E-state index is 14.1. The van der Waals surface area contributed by atoms with E-state index in [1.165, 1.54) is 12.4 Å². The van der Waals surface area contributed by atoms with Crippen molar-refractivity contribution in [1.29, 1.82) is 0 Å². The average Bonchev–Trinajstić information content (AvgIpc) is 3.04. The molecule has 142 valence electrons. The first-order chi connectivity index (χ1) is 13.6. The highest BCUT2D eigenvalue weighted by Gasteiger charge is 2.13. The fourth-order valence-corrected chi connectivity index (χ4v) is 3.27. The van der Waals surface area contributed by atoms with E-state index < -0.39 is 0 Å². The van der Waals surface area contributed by atoms with Crippen molar-refractivity contribution in [3.63, 3.8) is 0 Å². The van der Waals surface area contributed by atoms with Crippen LogP contribution in [-0.4, -0.2) is 31.5 Å². The molecule has 0 amide bonds. The molecular formula is C20H20FN7. The lowest BCUT2D eigenvalue weighted by Gasteiger charge is -2.08. The largest absolute Gasteiger partial charge is 0.370 e. The van der Waals surface area contributed by atoms with Gasteiger partial charge in [0.25, 0.3) is 0 Å². The van der Waals surface area contributed by atoms with Crippen LogP contribution >= 0.6 is 0 Å². The number of halogens is 1. The summed E-state index contributed by atoms with van der Waals surface area (Å²) in [6.45, 7) is 4.63. The van der Waals surface area contributed by atoms with E-state index in [1.54, 1.807) is 24.5 Å². The summed E-state index contributed by atoms with van der Waals surface area (Å²) in [7, 11) is 0. The Hall–Kier alpha value is -3.55. The van der Waals surface area contributed by atoms with Crippen molar-refractivity contribution >= 4 is 28.5 Å². The number of hydrogen-bond donors (Lipinski definition) is 3. The molecule has 0 radical (unpaired) electrons. The second kappa shape index (κ2) is 7.59. The van der Waals surface area contributed by atoms with Crippen LogP contribution in [-0.2, 0) is 6.42 Å². The Labute approximate surface area is 161 Å². The summed E-state index contributed by atoms with van der Waals surface area (Å²) < 4.78 is 14.1. The molecule has 0 aliphatic heterocycles. The molecule has 7 nitrogen and oxygen atoms in total. The highest BCUT2D eigenvalue weighted by Crippen LogP contribution is 2.28. The van der Waals surface area contributed by atoms with Crippen LogP contribution < -0.4 is 10.6 Å². The molecule has 3 N–H and O–H groups in total. The van der Waals surface area contributed by atoms with Crippen LogP contribution in [0.15, 0.2) is 43.0 Å². The van der Waals surface area contributed by atoms with Gasteiger partial charge in [0.15, 0.2) is 0 Å². The maximum Gasteiger partial charge on any atom is 0.228 e. The summed E-state index contributed by atoms with van der Waals surface area (Å²) in [5.74, 6) is 1.54. The summed E-state index contributed by atoms with van der Waals surface area (Å²) in [6.07, 6.45) is 5.53. The van der Waals surface area contributed by atoms with E-state index in [1.807, 2.05) is 19.9 Å². The molecule has 0 spiro atoms. The fraction of sp³-hybridized carbons (Fsp3) is 0.200. The zero-order valence-corrected chi connectivity index (χ0v) is 15.6.